The summed E-state index contributed by atoms with van der Waals surface area (Å²) in [7, 11) is 4.62. The maximum atomic E-state index is 14.6. The number of aliphatic hydroxyl groups excluding tert-OH is 1. The van der Waals surface area contributed by atoms with Crippen LogP contribution in [0.4, 0.5) is 0 Å². The number of carbonyl (C=O) groups is 3. The van der Waals surface area contributed by atoms with E-state index < -0.39 is 76.2 Å². The molecule has 3 radical (unpaired) electrons. The zero-order valence-electron chi connectivity index (χ0n) is 24.1. The van der Waals surface area contributed by atoms with Gasteiger partial charge >= 0.3 is 11.9 Å². The van der Waals surface area contributed by atoms with Crippen molar-refractivity contribution in [3.05, 3.63) is 47.0 Å². The van der Waals surface area contributed by atoms with Gasteiger partial charge in [-0.2, -0.15) is 0 Å². The minimum Gasteiger partial charge on any atom is -0.455 e. The molecule has 10 nitrogen and oxygen atoms in total. The van der Waals surface area contributed by atoms with Crippen LogP contribution in [0.15, 0.2) is 41.5 Å². The van der Waals surface area contributed by atoms with Gasteiger partial charge in [-0.25, -0.2) is 4.79 Å². The molecule has 11 heteroatoms. The quantitative estimate of drug-likeness (QED) is 0.299. The number of hydrogen-bond donors (Lipinski definition) is 2. The monoisotopic (exact) mass is 585 g/mol. The highest BCUT2D eigenvalue weighted by Gasteiger charge is 2.78. The van der Waals surface area contributed by atoms with E-state index in [2.05, 4.69) is 10.5 Å². The van der Waals surface area contributed by atoms with Crippen molar-refractivity contribution in [3.63, 3.8) is 0 Å². The van der Waals surface area contributed by atoms with Gasteiger partial charge in [0.15, 0.2) is 11.4 Å². The van der Waals surface area contributed by atoms with Gasteiger partial charge in [-0.15, -0.1) is 0 Å². The summed E-state index contributed by atoms with van der Waals surface area (Å²) < 4.78 is 29.6. The number of fused-ring (bicyclic) bond motifs is 5. The first-order valence-corrected chi connectivity index (χ1v) is 14.2. The first-order chi connectivity index (χ1) is 19.2. The van der Waals surface area contributed by atoms with Crippen LogP contribution in [0, 0.1) is 16.7 Å². The van der Waals surface area contributed by atoms with Gasteiger partial charge in [0.05, 0.1) is 35.7 Å². The standard InChI is InChI=1S/C30H37O10Si/c1-15-18(36-6)13-30(35)25(38-26(34)17-10-8-7-9-11-17)23-28(5,24(33)22(32)21(15)27(30,3)4)19(40-41)12-20-29(23,14-37-20)39-16(2)31/h7-11,18-20,22-23,25,32,35H,12-14H2,1-6H3/t18-,19-,20+,22+,23-,25-,28+,29-,30+/m0/s1. The van der Waals surface area contributed by atoms with Gasteiger partial charge in [-0.1, -0.05) is 32.0 Å². The van der Waals surface area contributed by atoms with Crippen LogP contribution in [0.5, 0.6) is 0 Å². The van der Waals surface area contributed by atoms with Gasteiger partial charge in [0, 0.05) is 32.3 Å². The first kappa shape index (κ1) is 30.1. The lowest BCUT2D eigenvalue weighted by Gasteiger charge is -2.67. The van der Waals surface area contributed by atoms with Crippen molar-refractivity contribution in [3.8, 4) is 0 Å². The predicted octanol–water partition coefficient (Wildman–Crippen LogP) is 1.84. The third-order valence-corrected chi connectivity index (χ3v) is 10.6. The Bertz CT molecular complexity index is 1280. The summed E-state index contributed by atoms with van der Waals surface area (Å²) in [4.78, 5) is 41.0. The number of carbonyl (C=O) groups excluding carboxylic acids is 3. The van der Waals surface area contributed by atoms with Gasteiger partial charge in [-0.05, 0) is 37.1 Å². The van der Waals surface area contributed by atoms with Crippen LogP contribution in [-0.4, -0.2) is 93.9 Å². The summed E-state index contributed by atoms with van der Waals surface area (Å²) in [5, 5.41) is 24.8. The molecule has 1 aromatic carbocycles. The van der Waals surface area contributed by atoms with Crippen LogP contribution in [0.25, 0.3) is 0 Å². The largest absolute Gasteiger partial charge is 0.455 e. The van der Waals surface area contributed by atoms with Crippen LogP contribution >= 0.6 is 0 Å². The van der Waals surface area contributed by atoms with E-state index in [1.54, 1.807) is 58.0 Å². The van der Waals surface area contributed by atoms with Crippen molar-refractivity contribution in [1.82, 2.24) is 0 Å². The maximum Gasteiger partial charge on any atom is 0.338 e. The number of rotatable bonds is 5. The fraction of sp³-hybridized carbons (Fsp3) is 0.633. The normalized spacial score (nSPS) is 41.2. The lowest BCUT2D eigenvalue weighted by atomic mass is 9.44. The molecule has 5 rings (SSSR count). The van der Waals surface area contributed by atoms with E-state index in [1.165, 1.54) is 14.0 Å². The van der Waals surface area contributed by atoms with Gasteiger partial charge in [0.2, 0.25) is 10.5 Å². The third-order valence-electron chi connectivity index (χ3n) is 10.3. The molecule has 2 saturated carbocycles. The molecule has 3 fully saturated rings. The van der Waals surface area contributed by atoms with Gasteiger partial charge < -0.3 is 33.6 Å². The molecule has 0 spiro atoms. The number of aliphatic hydroxyl groups is 2. The van der Waals surface area contributed by atoms with E-state index in [4.69, 9.17) is 23.4 Å². The molecule has 3 aliphatic carbocycles. The Kier molecular flexibility index (Phi) is 7.40. The Hall–Kier alpha value is -2.41. The molecule has 41 heavy (non-hydrogen) atoms. The molecule has 0 aromatic heterocycles. The summed E-state index contributed by atoms with van der Waals surface area (Å²) in [6.45, 7) is 7.97. The third kappa shape index (κ3) is 4.04. The molecule has 1 saturated heterocycles. The zero-order valence-corrected chi connectivity index (χ0v) is 25.1. The zero-order chi connectivity index (χ0) is 30.1. The molecule has 0 amide bonds. The van der Waals surface area contributed by atoms with Crippen LogP contribution in [0.1, 0.15) is 57.8 Å². The summed E-state index contributed by atoms with van der Waals surface area (Å²) in [5.41, 5.74) is -5.11. The molecular weight excluding hydrogens is 548 g/mol. The minimum atomic E-state index is -1.90. The topological polar surface area (TPSA) is 138 Å². The lowest BCUT2D eigenvalue weighted by Crippen LogP contribution is -2.82. The SMILES string of the molecule is CO[C@H]1C[C@@]2(O)[C@@H](OC(=O)c3ccccc3)[C@@H]3[C@]4(OC(C)=O)CO[C@@H]4C[C@H](O[Si])[C@@]3(C)C(=O)[C@H](O)C(=C1C)C2(C)C. The molecule has 221 valence electrons. The second kappa shape index (κ2) is 10.1. The molecule has 1 aliphatic heterocycles. The van der Waals surface area contributed by atoms with Crippen molar-refractivity contribution >= 4 is 28.2 Å². The number of Topliss-reactive ketones (excluding diaryl/α,β-unsaturated/α-hetero) is 1. The van der Waals surface area contributed by atoms with Crippen molar-refractivity contribution in [2.75, 3.05) is 13.7 Å². The fourth-order valence-corrected chi connectivity index (χ4v) is 8.39. The number of ether oxygens (including phenoxy) is 4. The van der Waals surface area contributed by atoms with Crippen molar-refractivity contribution < 1.29 is 48.0 Å². The van der Waals surface area contributed by atoms with Crippen molar-refractivity contribution in [2.24, 2.45) is 16.7 Å². The summed E-state index contributed by atoms with van der Waals surface area (Å²) in [5.74, 6) is -3.13. The molecule has 0 unspecified atom stereocenters. The van der Waals surface area contributed by atoms with E-state index in [0.717, 1.165) is 0 Å². The van der Waals surface area contributed by atoms with Crippen molar-refractivity contribution in [1.29, 1.82) is 0 Å². The van der Waals surface area contributed by atoms with E-state index >= 15 is 0 Å². The molecule has 1 heterocycles. The second-order valence-corrected chi connectivity index (χ2v) is 12.7. The smallest absolute Gasteiger partial charge is 0.338 e. The molecule has 2 bridgehead atoms. The number of methoxy groups -OCH3 is 1. The number of benzene rings is 1. The van der Waals surface area contributed by atoms with E-state index in [9.17, 15) is 24.6 Å². The average Bonchev–Trinajstić information content (AvgIpc) is 2.92. The van der Waals surface area contributed by atoms with Crippen LogP contribution < -0.4 is 0 Å². The molecular formula is C30H37O10Si. The van der Waals surface area contributed by atoms with Crippen LogP contribution in [-0.2, 0) is 33.0 Å². The Morgan fingerprint density at radius 1 is 1.15 bits per heavy atom. The maximum absolute atomic E-state index is 14.6. The predicted molar refractivity (Wildman–Crippen MR) is 145 cm³/mol. The summed E-state index contributed by atoms with van der Waals surface area (Å²) in [6.07, 6.45) is -5.28. The van der Waals surface area contributed by atoms with E-state index in [0.29, 0.717) is 11.1 Å². The highest BCUT2D eigenvalue weighted by atomic mass is 28.2. The highest BCUT2D eigenvalue weighted by molar-refractivity contribution is 5.99. The van der Waals surface area contributed by atoms with Crippen LogP contribution in [0.3, 0.4) is 0 Å². The Morgan fingerprint density at radius 2 is 1.80 bits per heavy atom. The van der Waals surface area contributed by atoms with Gasteiger partial charge in [-0.3, -0.25) is 9.59 Å². The Labute approximate surface area is 242 Å². The molecule has 4 aliphatic rings. The Morgan fingerprint density at radius 3 is 2.34 bits per heavy atom. The second-order valence-electron chi connectivity index (χ2n) is 12.5. The van der Waals surface area contributed by atoms with Gasteiger partial charge in [0.1, 0.15) is 23.9 Å². The number of hydrogen-bond acceptors (Lipinski definition) is 10. The minimum absolute atomic E-state index is 0.0207. The summed E-state index contributed by atoms with van der Waals surface area (Å²) in [6, 6.07) is 8.31. The molecule has 9 atom stereocenters. The van der Waals surface area contributed by atoms with E-state index in [1.807, 2.05) is 0 Å². The fourth-order valence-electron chi connectivity index (χ4n) is 8.05. The van der Waals surface area contributed by atoms with Crippen molar-refractivity contribution in [2.45, 2.75) is 89.2 Å². The first-order valence-electron chi connectivity index (χ1n) is 13.8. The average molecular weight is 586 g/mol. The lowest BCUT2D eigenvalue weighted by molar-refractivity contribution is -0.344. The van der Waals surface area contributed by atoms with E-state index in [-0.39, 0.29) is 25.0 Å². The number of esters is 2. The van der Waals surface area contributed by atoms with Crippen LogP contribution in [0.2, 0.25) is 0 Å². The molecule has 2 N–H and O–H groups in total. The van der Waals surface area contributed by atoms with Gasteiger partial charge in [0.25, 0.3) is 0 Å². The molecule has 1 aromatic rings. The highest BCUT2D eigenvalue weighted by Crippen LogP contribution is 2.64. The number of ketones is 1. The summed E-state index contributed by atoms with van der Waals surface area (Å²) >= 11 is 0. The Balaban J connectivity index is 1.83.